The Bertz CT molecular complexity index is 569. The number of hydrogen-bond donors (Lipinski definition) is 2. The molecule has 4 aliphatic rings. The maximum Gasteiger partial charge on any atom is 0.230 e. The van der Waals surface area contributed by atoms with Gasteiger partial charge in [-0.15, -0.1) is 0 Å². The van der Waals surface area contributed by atoms with Gasteiger partial charge in [0.1, 0.15) is 5.82 Å². The predicted molar refractivity (Wildman–Crippen MR) is 77.1 cm³/mol. The van der Waals surface area contributed by atoms with Crippen LogP contribution in [0.5, 0.6) is 0 Å². The maximum absolute atomic E-state index is 12.9. The van der Waals surface area contributed by atoms with Crippen molar-refractivity contribution in [2.75, 3.05) is 5.32 Å². The number of amides is 1. The lowest BCUT2D eigenvalue weighted by Crippen LogP contribution is -2.59. The Hall–Kier alpha value is -1.42. The Kier molecular flexibility index (Phi) is 2.71. The molecule has 0 heterocycles. The van der Waals surface area contributed by atoms with Crippen LogP contribution in [0.2, 0.25) is 0 Å². The normalized spacial score (nSPS) is 40.3. The van der Waals surface area contributed by atoms with E-state index in [0.29, 0.717) is 23.9 Å². The number of carbonyl (C=O) groups excluding carboxylic acids is 1. The number of carbonyl (C=O) groups is 1. The first-order chi connectivity index (χ1) is 9.96. The summed E-state index contributed by atoms with van der Waals surface area (Å²) in [7, 11) is 0. The van der Waals surface area contributed by atoms with Crippen molar-refractivity contribution < 1.29 is 14.3 Å². The molecule has 4 heteroatoms. The Morgan fingerprint density at radius 2 is 1.76 bits per heavy atom. The maximum atomic E-state index is 12.9. The van der Waals surface area contributed by atoms with Gasteiger partial charge in [0.05, 0.1) is 11.0 Å². The zero-order chi connectivity index (χ0) is 14.7. The molecule has 0 spiro atoms. The molecule has 0 aromatic heterocycles. The molecule has 1 aromatic carbocycles. The quantitative estimate of drug-likeness (QED) is 0.879. The topological polar surface area (TPSA) is 49.3 Å². The highest BCUT2D eigenvalue weighted by Crippen LogP contribution is 2.61. The van der Waals surface area contributed by atoms with Crippen molar-refractivity contribution in [3.8, 4) is 0 Å². The van der Waals surface area contributed by atoms with Crippen molar-refractivity contribution in [1.82, 2.24) is 0 Å². The summed E-state index contributed by atoms with van der Waals surface area (Å²) >= 11 is 0. The Morgan fingerprint density at radius 1 is 1.14 bits per heavy atom. The number of benzene rings is 1. The van der Waals surface area contributed by atoms with E-state index in [0.717, 1.165) is 32.1 Å². The average Bonchev–Trinajstić information content (AvgIpc) is 2.38. The molecule has 4 atom stereocenters. The summed E-state index contributed by atoms with van der Waals surface area (Å²) in [5.41, 5.74) is -0.429. The fraction of sp³-hybridized carbons (Fsp3) is 0.588. The van der Waals surface area contributed by atoms with E-state index in [1.165, 1.54) is 12.1 Å². The molecule has 4 saturated carbocycles. The van der Waals surface area contributed by atoms with E-state index >= 15 is 0 Å². The molecule has 4 bridgehead atoms. The molecule has 4 fully saturated rings. The van der Waals surface area contributed by atoms with Crippen molar-refractivity contribution in [3.05, 3.63) is 30.1 Å². The van der Waals surface area contributed by atoms with Crippen LogP contribution in [-0.2, 0) is 4.79 Å². The van der Waals surface area contributed by atoms with Gasteiger partial charge >= 0.3 is 0 Å². The second-order valence-electron chi connectivity index (χ2n) is 7.43. The molecule has 4 aliphatic carbocycles. The molecule has 21 heavy (non-hydrogen) atoms. The number of rotatable bonds is 2. The van der Waals surface area contributed by atoms with Crippen LogP contribution in [-0.4, -0.2) is 16.6 Å². The minimum Gasteiger partial charge on any atom is -0.390 e. The largest absolute Gasteiger partial charge is 0.390 e. The standard InChI is InChI=1S/C17H20FNO2/c18-13-1-3-14(4-2-13)19-15(20)16-6-11-5-12(7-16)9-17(21,8-11)10-16/h1-4,11-12,21H,5-10H2,(H,19,20)/t11-,12+,16?,17?. The van der Waals surface area contributed by atoms with Gasteiger partial charge in [0.15, 0.2) is 0 Å². The van der Waals surface area contributed by atoms with Gasteiger partial charge in [-0.1, -0.05) is 0 Å². The van der Waals surface area contributed by atoms with Crippen molar-refractivity contribution in [2.24, 2.45) is 17.3 Å². The van der Waals surface area contributed by atoms with Gasteiger partial charge < -0.3 is 10.4 Å². The van der Waals surface area contributed by atoms with Gasteiger partial charge in [-0.3, -0.25) is 4.79 Å². The van der Waals surface area contributed by atoms with Crippen LogP contribution in [0.4, 0.5) is 10.1 Å². The summed E-state index contributed by atoms with van der Waals surface area (Å²) in [6.45, 7) is 0. The van der Waals surface area contributed by atoms with Gasteiger partial charge in [0, 0.05) is 5.69 Å². The fourth-order valence-electron chi connectivity index (χ4n) is 5.28. The molecule has 3 nitrogen and oxygen atoms in total. The van der Waals surface area contributed by atoms with Crippen molar-refractivity contribution in [2.45, 2.75) is 44.1 Å². The van der Waals surface area contributed by atoms with Gasteiger partial charge in [-0.2, -0.15) is 0 Å². The molecule has 2 N–H and O–H groups in total. The van der Waals surface area contributed by atoms with E-state index in [4.69, 9.17) is 0 Å². The molecule has 2 unspecified atom stereocenters. The number of aliphatic hydroxyl groups is 1. The highest BCUT2D eigenvalue weighted by molar-refractivity contribution is 5.95. The Morgan fingerprint density at radius 3 is 2.33 bits per heavy atom. The second-order valence-corrected chi connectivity index (χ2v) is 7.43. The predicted octanol–water partition coefficient (Wildman–Crippen LogP) is 3.10. The highest BCUT2D eigenvalue weighted by atomic mass is 19.1. The van der Waals surface area contributed by atoms with E-state index < -0.39 is 11.0 Å². The van der Waals surface area contributed by atoms with E-state index in [1.807, 2.05) is 0 Å². The summed E-state index contributed by atoms with van der Waals surface area (Å²) < 4.78 is 12.9. The lowest BCUT2D eigenvalue weighted by molar-refractivity contribution is -0.174. The molecule has 0 saturated heterocycles. The number of nitrogens with one attached hydrogen (secondary N) is 1. The van der Waals surface area contributed by atoms with Crippen LogP contribution in [0, 0.1) is 23.1 Å². The first-order valence-corrected chi connectivity index (χ1v) is 7.76. The van der Waals surface area contributed by atoms with E-state index in [-0.39, 0.29) is 11.7 Å². The molecule has 112 valence electrons. The summed E-state index contributed by atoms with van der Waals surface area (Å²) in [6, 6.07) is 5.87. The molecular formula is C17H20FNO2. The molecule has 1 aromatic rings. The average molecular weight is 289 g/mol. The molecule has 5 rings (SSSR count). The number of anilines is 1. The minimum atomic E-state index is -0.635. The molecule has 1 amide bonds. The second kappa shape index (κ2) is 4.29. The number of hydrogen-bond acceptors (Lipinski definition) is 2. The molecule has 0 radical (unpaired) electrons. The van der Waals surface area contributed by atoms with Crippen LogP contribution in [0.25, 0.3) is 0 Å². The third kappa shape index (κ3) is 2.16. The Balaban J connectivity index is 1.57. The monoisotopic (exact) mass is 289 g/mol. The fourth-order valence-corrected chi connectivity index (χ4v) is 5.28. The van der Waals surface area contributed by atoms with Crippen molar-refractivity contribution >= 4 is 11.6 Å². The third-order valence-corrected chi connectivity index (χ3v) is 5.61. The Labute approximate surface area is 123 Å². The lowest BCUT2D eigenvalue weighted by atomic mass is 9.47. The first-order valence-electron chi connectivity index (χ1n) is 7.76. The smallest absolute Gasteiger partial charge is 0.230 e. The zero-order valence-corrected chi connectivity index (χ0v) is 11.9. The van der Waals surface area contributed by atoms with Crippen LogP contribution in [0.15, 0.2) is 24.3 Å². The van der Waals surface area contributed by atoms with E-state index in [2.05, 4.69) is 5.32 Å². The SMILES string of the molecule is O=C(Nc1ccc(F)cc1)C12C[C@@H]3C[C@@H](CC(O)(C3)C1)C2. The van der Waals surface area contributed by atoms with Gasteiger partial charge in [-0.25, -0.2) is 4.39 Å². The molecular weight excluding hydrogens is 269 g/mol. The summed E-state index contributed by atoms with van der Waals surface area (Å²) in [5, 5.41) is 13.6. The van der Waals surface area contributed by atoms with E-state index in [1.54, 1.807) is 12.1 Å². The third-order valence-electron chi connectivity index (χ3n) is 5.61. The summed E-state index contributed by atoms with van der Waals surface area (Å²) in [6.07, 6.45) is 5.23. The number of halogens is 1. The van der Waals surface area contributed by atoms with Crippen LogP contribution in [0.1, 0.15) is 38.5 Å². The van der Waals surface area contributed by atoms with Crippen molar-refractivity contribution in [1.29, 1.82) is 0 Å². The van der Waals surface area contributed by atoms with Gasteiger partial charge in [0.2, 0.25) is 5.91 Å². The first kappa shape index (κ1) is 13.3. The minimum absolute atomic E-state index is 0.00151. The van der Waals surface area contributed by atoms with Gasteiger partial charge in [0.25, 0.3) is 0 Å². The lowest BCUT2D eigenvalue weighted by Gasteiger charge is -2.59. The molecule has 0 aliphatic heterocycles. The van der Waals surface area contributed by atoms with Crippen LogP contribution in [0.3, 0.4) is 0 Å². The summed E-state index contributed by atoms with van der Waals surface area (Å²) in [4.78, 5) is 12.8. The highest BCUT2D eigenvalue weighted by Gasteiger charge is 2.60. The van der Waals surface area contributed by atoms with Crippen LogP contribution < -0.4 is 5.32 Å². The zero-order valence-electron chi connectivity index (χ0n) is 11.9. The van der Waals surface area contributed by atoms with Gasteiger partial charge in [-0.05, 0) is 74.6 Å². The summed E-state index contributed by atoms with van der Waals surface area (Å²) in [5.74, 6) is 0.657. The van der Waals surface area contributed by atoms with Crippen LogP contribution >= 0.6 is 0 Å². The van der Waals surface area contributed by atoms with E-state index in [9.17, 15) is 14.3 Å². The van der Waals surface area contributed by atoms with Crippen molar-refractivity contribution in [3.63, 3.8) is 0 Å².